The number of carbonyl (C=O) groups is 1. The fourth-order valence-electron chi connectivity index (χ4n) is 6.54. The first-order valence-corrected chi connectivity index (χ1v) is 13.1. The van der Waals surface area contributed by atoms with Gasteiger partial charge in [0, 0.05) is 24.7 Å². The average Bonchev–Trinajstić information content (AvgIpc) is 3.12. The number of benzene rings is 2. The van der Waals surface area contributed by atoms with Gasteiger partial charge in [-0.05, 0) is 36.6 Å². The predicted molar refractivity (Wildman–Crippen MR) is 132 cm³/mol. The van der Waals surface area contributed by atoms with Crippen molar-refractivity contribution in [1.82, 2.24) is 0 Å². The molecule has 4 aliphatic rings. The zero-order valence-electron chi connectivity index (χ0n) is 20.3. The standard InChI is InChI=1S/C29H35FN2O3/c30-24-11-8-12-25(19-24)31-27(33)21-32-17-13-22(14-18-32)26(20-32)35-28(34)29(15-6-1-2-7-16-29)23-9-4-3-5-10-23/h3-5,8-12,19,22,26H,1-2,6-7,13-18,20-21H2/t22?,26-,32?/m0/s1. The van der Waals surface area contributed by atoms with Crippen molar-refractivity contribution in [2.24, 2.45) is 10.9 Å². The van der Waals surface area contributed by atoms with E-state index in [2.05, 4.69) is 17.1 Å². The van der Waals surface area contributed by atoms with Gasteiger partial charge in [0.15, 0.2) is 6.10 Å². The van der Waals surface area contributed by atoms with Gasteiger partial charge in [0.25, 0.3) is 0 Å². The van der Waals surface area contributed by atoms with E-state index < -0.39 is 11.2 Å². The lowest BCUT2D eigenvalue weighted by molar-refractivity contribution is -0.939. The van der Waals surface area contributed by atoms with Crippen molar-refractivity contribution in [3.05, 3.63) is 66.0 Å². The molecular formula is C29H35FN2O3. The molecule has 0 amide bonds. The van der Waals surface area contributed by atoms with E-state index in [0.29, 0.717) is 22.6 Å². The van der Waals surface area contributed by atoms with Crippen molar-refractivity contribution >= 4 is 17.6 Å². The second kappa shape index (κ2) is 10.1. The van der Waals surface area contributed by atoms with Gasteiger partial charge < -0.3 is 14.3 Å². The number of hydrogen-bond acceptors (Lipinski definition) is 4. The smallest absolute Gasteiger partial charge is 0.317 e. The van der Waals surface area contributed by atoms with E-state index in [4.69, 9.17) is 4.74 Å². The minimum absolute atomic E-state index is 0.0849. The number of ether oxygens (including phenoxy) is 1. The average molecular weight is 479 g/mol. The van der Waals surface area contributed by atoms with Crippen LogP contribution in [-0.4, -0.2) is 48.6 Å². The summed E-state index contributed by atoms with van der Waals surface area (Å²) >= 11 is 0. The van der Waals surface area contributed by atoms with E-state index >= 15 is 0 Å². The molecule has 0 spiro atoms. The monoisotopic (exact) mass is 478 g/mol. The summed E-state index contributed by atoms with van der Waals surface area (Å²) < 4.78 is 20.5. The number of piperidine rings is 3. The third kappa shape index (κ3) is 5.13. The molecule has 2 aromatic carbocycles. The lowest BCUT2D eigenvalue weighted by Gasteiger charge is -2.53. The highest BCUT2D eigenvalue weighted by Crippen LogP contribution is 2.42. The number of aliphatic imine (C=N–C) groups is 1. The quantitative estimate of drug-likeness (QED) is 0.199. The molecule has 186 valence electrons. The number of quaternary nitrogens is 1. The molecule has 2 bridgehead atoms. The Balaban J connectivity index is 1.33. The summed E-state index contributed by atoms with van der Waals surface area (Å²) in [6, 6.07) is 16.0. The highest BCUT2D eigenvalue weighted by Gasteiger charge is 2.50. The Kier molecular flexibility index (Phi) is 6.92. The number of rotatable bonds is 6. The molecule has 0 radical (unpaired) electrons. The fourth-order valence-corrected chi connectivity index (χ4v) is 6.54. The van der Waals surface area contributed by atoms with Gasteiger partial charge in [0.1, 0.15) is 18.9 Å². The number of hydrogen-bond donors (Lipinski definition) is 0. The van der Waals surface area contributed by atoms with Crippen LogP contribution in [0.5, 0.6) is 0 Å². The number of esters is 1. The molecule has 5 nitrogen and oxygen atoms in total. The first-order chi connectivity index (χ1) is 17.0. The van der Waals surface area contributed by atoms with Crippen molar-refractivity contribution < 1.29 is 23.5 Å². The van der Waals surface area contributed by atoms with Gasteiger partial charge in [0.05, 0.1) is 24.2 Å². The second-order valence-electron chi connectivity index (χ2n) is 10.8. The summed E-state index contributed by atoms with van der Waals surface area (Å²) in [5, 5.41) is 12.8. The van der Waals surface area contributed by atoms with Gasteiger partial charge in [-0.25, -0.2) is 4.39 Å². The molecule has 0 unspecified atom stereocenters. The highest BCUT2D eigenvalue weighted by atomic mass is 19.1. The van der Waals surface area contributed by atoms with Crippen molar-refractivity contribution in [1.29, 1.82) is 0 Å². The van der Waals surface area contributed by atoms with Crippen LogP contribution in [0.1, 0.15) is 56.9 Å². The minimum atomic E-state index is -0.572. The molecule has 0 aromatic heterocycles. The largest absolute Gasteiger partial charge is 0.858 e. The predicted octanol–water partition coefficient (Wildman–Crippen LogP) is 4.66. The molecule has 1 aliphatic carbocycles. The lowest BCUT2D eigenvalue weighted by Crippen LogP contribution is -2.66. The van der Waals surface area contributed by atoms with Crippen molar-refractivity contribution in [2.45, 2.75) is 62.9 Å². The first kappa shape index (κ1) is 24.0. The van der Waals surface area contributed by atoms with E-state index in [1.807, 2.05) is 18.2 Å². The van der Waals surface area contributed by atoms with Crippen LogP contribution < -0.4 is 5.11 Å². The van der Waals surface area contributed by atoms with Gasteiger partial charge in [-0.2, -0.15) is 0 Å². The van der Waals surface area contributed by atoms with E-state index in [9.17, 15) is 14.3 Å². The Bertz CT molecular complexity index is 1050. The number of fused-ring (bicyclic) bond motifs is 3. The third-order valence-corrected chi connectivity index (χ3v) is 8.51. The maximum atomic E-state index is 13.9. The summed E-state index contributed by atoms with van der Waals surface area (Å²) in [6.45, 7) is 2.71. The zero-order valence-corrected chi connectivity index (χ0v) is 20.3. The minimum Gasteiger partial charge on any atom is -0.858 e. The topological polar surface area (TPSA) is 61.7 Å². The van der Waals surface area contributed by atoms with Crippen LogP contribution in [0.3, 0.4) is 0 Å². The van der Waals surface area contributed by atoms with Crippen LogP contribution in [0.15, 0.2) is 59.6 Å². The van der Waals surface area contributed by atoms with Crippen LogP contribution in [-0.2, 0) is 14.9 Å². The molecule has 0 N–H and O–H groups in total. The van der Waals surface area contributed by atoms with Crippen molar-refractivity contribution in [3.8, 4) is 0 Å². The molecule has 1 saturated carbocycles. The molecule has 2 aromatic rings. The molecule has 35 heavy (non-hydrogen) atoms. The number of nitrogens with zero attached hydrogens (tertiary/aromatic N) is 2. The lowest BCUT2D eigenvalue weighted by atomic mass is 9.74. The Hall–Kier alpha value is -2.73. The Morgan fingerprint density at radius 2 is 1.74 bits per heavy atom. The number of halogens is 1. The molecule has 6 heteroatoms. The zero-order chi connectivity index (χ0) is 24.3. The van der Waals surface area contributed by atoms with E-state index in [1.54, 1.807) is 12.1 Å². The summed E-state index contributed by atoms with van der Waals surface area (Å²) in [4.78, 5) is 18.0. The van der Waals surface area contributed by atoms with Crippen LogP contribution in [0, 0.1) is 11.7 Å². The van der Waals surface area contributed by atoms with Crippen molar-refractivity contribution in [3.63, 3.8) is 0 Å². The van der Waals surface area contributed by atoms with Gasteiger partial charge >= 0.3 is 5.97 Å². The SMILES string of the molecule is O=C(O[C@H]1C[N+]2(CC([O-])=Nc3cccc(F)c3)CCC1CC2)C1(c2ccccc2)CCCCCC1. The summed E-state index contributed by atoms with van der Waals surface area (Å²) in [6.07, 6.45) is 7.78. The van der Waals surface area contributed by atoms with Crippen LogP contribution >= 0.6 is 0 Å². The van der Waals surface area contributed by atoms with E-state index in [0.717, 1.165) is 70.0 Å². The first-order valence-electron chi connectivity index (χ1n) is 13.1. The second-order valence-corrected chi connectivity index (χ2v) is 10.8. The molecule has 6 rings (SSSR count). The van der Waals surface area contributed by atoms with Gasteiger partial charge in [0.2, 0.25) is 0 Å². The molecule has 3 aliphatic heterocycles. The van der Waals surface area contributed by atoms with Gasteiger partial charge in [-0.1, -0.05) is 62.1 Å². The molecule has 3 saturated heterocycles. The summed E-state index contributed by atoms with van der Waals surface area (Å²) in [7, 11) is 0. The maximum absolute atomic E-state index is 13.9. The maximum Gasteiger partial charge on any atom is 0.317 e. The third-order valence-electron chi connectivity index (χ3n) is 8.51. The van der Waals surface area contributed by atoms with Gasteiger partial charge in [-0.3, -0.25) is 9.79 Å². The fraction of sp³-hybridized carbons (Fsp3) is 0.517. The molecule has 4 fully saturated rings. The Morgan fingerprint density at radius 1 is 1.03 bits per heavy atom. The van der Waals surface area contributed by atoms with E-state index in [1.165, 1.54) is 12.1 Å². The van der Waals surface area contributed by atoms with Crippen molar-refractivity contribution in [2.75, 3.05) is 26.2 Å². The molecular weight excluding hydrogens is 443 g/mol. The molecule has 1 atom stereocenters. The van der Waals surface area contributed by atoms with Crippen LogP contribution in [0.2, 0.25) is 0 Å². The van der Waals surface area contributed by atoms with Crippen LogP contribution in [0.25, 0.3) is 0 Å². The Morgan fingerprint density at radius 3 is 2.43 bits per heavy atom. The van der Waals surface area contributed by atoms with Crippen LogP contribution in [0.4, 0.5) is 10.1 Å². The highest BCUT2D eigenvalue weighted by molar-refractivity contribution is 5.83. The summed E-state index contributed by atoms with van der Waals surface area (Å²) in [5.74, 6) is -0.376. The normalized spacial score (nSPS) is 28.3. The summed E-state index contributed by atoms with van der Waals surface area (Å²) in [5.41, 5.74) is 0.847. The van der Waals surface area contributed by atoms with Gasteiger partial charge in [-0.15, -0.1) is 0 Å². The number of carbonyl (C=O) groups excluding carboxylic acids is 1. The Labute approximate surface area is 207 Å². The van der Waals surface area contributed by atoms with E-state index in [-0.39, 0.29) is 24.5 Å². The molecule has 3 heterocycles.